The number of carbonyl (C=O) groups excluding carboxylic acids is 1. The van der Waals surface area contributed by atoms with Crippen molar-refractivity contribution in [3.63, 3.8) is 0 Å². The summed E-state index contributed by atoms with van der Waals surface area (Å²) in [5, 5.41) is 0. The van der Waals surface area contributed by atoms with Gasteiger partial charge in [-0.1, -0.05) is 0 Å². The molecule has 1 unspecified atom stereocenters. The third-order valence-corrected chi connectivity index (χ3v) is 2.21. The first-order valence-electron chi connectivity index (χ1n) is 5.11. The van der Waals surface area contributed by atoms with Crippen LogP contribution in [0.1, 0.15) is 25.5 Å². The van der Waals surface area contributed by atoms with Gasteiger partial charge in [0.2, 0.25) is 5.91 Å². The summed E-state index contributed by atoms with van der Waals surface area (Å²) in [5.41, 5.74) is 5.59. The zero-order chi connectivity index (χ0) is 11.3. The third-order valence-electron chi connectivity index (χ3n) is 2.21. The Morgan fingerprint density at radius 1 is 1.62 bits per heavy atom. The molecule has 1 rings (SSSR count). The van der Waals surface area contributed by atoms with Crippen LogP contribution in [-0.2, 0) is 11.3 Å². The number of halogens is 1. The maximum absolute atomic E-state index is 11.6. The molecule has 4 nitrogen and oxygen atoms in total. The maximum atomic E-state index is 11.6. The van der Waals surface area contributed by atoms with Gasteiger partial charge in [0.1, 0.15) is 5.76 Å². The predicted molar refractivity (Wildman–Crippen MR) is 65.3 cm³/mol. The van der Waals surface area contributed by atoms with Crippen molar-refractivity contribution < 1.29 is 9.21 Å². The predicted octanol–water partition coefficient (Wildman–Crippen LogP) is 1.79. The lowest BCUT2D eigenvalue weighted by atomic mass is 10.2. The molecule has 92 valence electrons. The molecule has 0 saturated carbocycles. The second-order valence-electron chi connectivity index (χ2n) is 3.85. The molecule has 1 amide bonds. The maximum Gasteiger partial charge on any atom is 0.222 e. The van der Waals surface area contributed by atoms with Gasteiger partial charge in [0.25, 0.3) is 0 Å². The monoisotopic (exact) mass is 246 g/mol. The van der Waals surface area contributed by atoms with Crippen LogP contribution < -0.4 is 5.73 Å². The lowest BCUT2D eigenvalue weighted by molar-refractivity contribution is -0.130. The van der Waals surface area contributed by atoms with E-state index in [-0.39, 0.29) is 24.4 Å². The molecule has 1 atom stereocenters. The van der Waals surface area contributed by atoms with Gasteiger partial charge in [-0.05, 0) is 25.5 Å². The van der Waals surface area contributed by atoms with Crippen molar-refractivity contribution in [1.29, 1.82) is 0 Å². The van der Waals surface area contributed by atoms with Crippen molar-refractivity contribution >= 4 is 18.3 Å². The largest absolute Gasteiger partial charge is 0.467 e. The highest BCUT2D eigenvalue weighted by Gasteiger charge is 2.10. The van der Waals surface area contributed by atoms with E-state index in [9.17, 15) is 4.79 Å². The minimum atomic E-state index is 0. The van der Waals surface area contributed by atoms with Gasteiger partial charge < -0.3 is 15.1 Å². The Kier molecular flexibility index (Phi) is 6.85. The second kappa shape index (κ2) is 7.30. The van der Waals surface area contributed by atoms with Crippen LogP contribution in [0.25, 0.3) is 0 Å². The van der Waals surface area contributed by atoms with Gasteiger partial charge in [0, 0.05) is 19.5 Å². The lowest BCUT2D eigenvalue weighted by Gasteiger charge is -2.16. The first-order valence-corrected chi connectivity index (χ1v) is 5.11. The third kappa shape index (κ3) is 5.19. The molecule has 0 aliphatic carbocycles. The van der Waals surface area contributed by atoms with Crippen LogP contribution >= 0.6 is 12.4 Å². The Labute approximate surface area is 102 Å². The van der Waals surface area contributed by atoms with Crippen LogP contribution in [0.15, 0.2) is 22.8 Å². The van der Waals surface area contributed by atoms with Crippen molar-refractivity contribution in [1.82, 2.24) is 4.90 Å². The summed E-state index contributed by atoms with van der Waals surface area (Å²) in [4.78, 5) is 13.3. The number of hydrogen-bond donors (Lipinski definition) is 1. The van der Waals surface area contributed by atoms with Crippen molar-refractivity contribution in [2.75, 3.05) is 7.05 Å². The summed E-state index contributed by atoms with van der Waals surface area (Å²) in [7, 11) is 1.77. The molecule has 0 aromatic carbocycles. The average Bonchev–Trinajstić information content (AvgIpc) is 2.66. The molecule has 0 aliphatic rings. The number of nitrogens with zero attached hydrogens (tertiary/aromatic N) is 1. The number of rotatable bonds is 5. The van der Waals surface area contributed by atoms with Crippen LogP contribution in [0.2, 0.25) is 0 Å². The highest BCUT2D eigenvalue weighted by Crippen LogP contribution is 2.06. The Bertz CT molecular complexity index is 299. The summed E-state index contributed by atoms with van der Waals surface area (Å²) < 4.78 is 5.16. The van der Waals surface area contributed by atoms with E-state index in [1.807, 2.05) is 19.1 Å². The first kappa shape index (κ1) is 15.0. The van der Waals surface area contributed by atoms with E-state index >= 15 is 0 Å². The summed E-state index contributed by atoms with van der Waals surface area (Å²) >= 11 is 0. The summed E-state index contributed by atoms with van der Waals surface area (Å²) in [6, 6.07) is 3.75. The van der Waals surface area contributed by atoms with Gasteiger partial charge in [-0.25, -0.2) is 0 Å². The molecule has 16 heavy (non-hydrogen) atoms. The summed E-state index contributed by atoms with van der Waals surface area (Å²) in [6.45, 7) is 2.42. The normalized spacial score (nSPS) is 11.7. The first-order chi connectivity index (χ1) is 7.09. The number of hydrogen-bond acceptors (Lipinski definition) is 3. The molecule has 1 aromatic rings. The van der Waals surface area contributed by atoms with E-state index in [4.69, 9.17) is 10.2 Å². The number of amides is 1. The van der Waals surface area contributed by atoms with E-state index in [0.717, 1.165) is 12.2 Å². The van der Waals surface area contributed by atoms with Crippen molar-refractivity contribution in [2.45, 2.75) is 32.4 Å². The standard InChI is InChI=1S/C11H18N2O2.ClH/c1-9(12)5-6-11(14)13(2)8-10-4-3-7-15-10;/h3-4,7,9H,5-6,8,12H2,1-2H3;1H. The molecule has 0 radical (unpaired) electrons. The van der Waals surface area contributed by atoms with E-state index in [2.05, 4.69) is 0 Å². The Balaban J connectivity index is 0.00000225. The molecule has 1 aromatic heterocycles. The van der Waals surface area contributed by atoms with Crippen molar-refractivity contribution in [3.05, 3.63) is 24.2 Å². The minimum absolute atomic E-state index is 0. The summed E-state index contributed by atoms with van der Waals surface area (Å²) in [5.74, 6) is 0.898. The SMILES string of the molecule is CC(N)CCC(=O)N(C)Cc1ccco1.Cl. The quantitative estimate of drug-likeness (QED) is 0.862. The molecular formula is C11H19ClN2O2. The van der Waals surface area contributed by atoms with Gasteiger partial charge >= 0.3 is 0 Å². The van der Waals surface area contributed by atoms with Gasteiger partial charge in [0.05, 0.1) is 12.8 Å². The van der Waals surface area contributed by atoms with Crippen LogP contribution in [0.3, 0.4) is 0 Å². The Morgan fingerprint density at radius 3 is 2.81 bits per heavy atom. The fourth-order valence-corrected chi connectivity index (χ4v) is 1.27. The fourth-order valence-electron chi connectivity index (χ4n) is 1.27. The topological polar surface area (TPSA) is 59.5 Å². The van der Waals surface area contributed by atoms with Gasteiger partial charge in [-0.2, -0.15) is 0 Å². The highest BCUT2D eigenvalue weighted by atomic mass is 35.5. The molecule has 0 saturated heterocycles. The number of nitrogens with two attached hydrogens (primary N) is 1. The van der Waals surface area contributed by atoms with Crippen LogP contribution in [-0.4, -0.2) is 23.9 Å². The van der Waals surface area contributed by atoms with Gasteiger partial charge in [0.15, 0.2) is 0 Å². The van der Waals surface area contributed by atoms with Gasteiger partial charge in [-0.3, -0.25) is 4.79 Å². The van der Waals surface area contributed by atoms with E-state index in [1.54, 1.807) is 18.2 Å². The Hall–Kier alpha value is -1.00. The van der Waals surface area contributed by atoms with E-state index in [0.29, 0.717) is 13.0 Å². The van der Waals surface area contributed by atoms with E-state index < -0.39 is 0 Å². The minimum Gasteiger partial charge on any atom is -0.467 e. The highest BCUT2D eigenvalue weighted by molar-refractivity contribution is 5.85. The molecule has 0 bridgehead atoms. The Morgan fingerprint density at radius 2 is 2.31 bits per heavy atom. The zero-order valence-corrected chi connectivity index (χ0v) is 10.5. The van der Waals surface area contributed by atoms with Gasteiger partial charge in [-0.15, -0.1) is 12.4 Å². The van der Waals surface area contributed by atoms with Crippen molar-refractivity contribution in [2.24, 2.45) is 5.73 Å². The number of furan rings is 1. The fraction of sp³-hybridized carbons (Fsp3) is 0.545. The second-order valence-corrected chi connectivity index (χ2v) is 3.85. The van der Waals surface area contributed by atoms with Crippen LogP contribution in [0.5, 0.6) is 0 Å². The van der Waals surface area contributed by atoms with Crippen molar-refractivity contribution in [3.8, 4) is 0 Å². The van der Waals surface area contributed by atoms with Crippen LogP contribution in [0, 0.1) is 0 Å². The molecule has 2 N–H and O–H groups in total. The summed E-state index contributed by atoms with van der Waals surface area (Å²) in [6.07, 6.45) is 2.83. The molecule has 1 heterocycles. The zero-order valence-electron chi connectivity index (χ0n) is 9.68. The molecule has 0 spiro atoms. The van der Waals surface area contributed by atoms with E-state index in [1.165, 1.54) is 0 Å². The molecule has 0 aliphatic heterocycles. The lowest BCUT2D eigenvalue weighted by Crippen LogP contribution is -2.27. The number of carbonyl (C=O) groups is 1. The smallest absolute Gasteiger partial charge is 0.222 e. The molecule has 0 fully saturated rings. The molecule has 5 heteroatoms. The molecular weight excluding hydrogens is 228 g/mol. The van der Waals surface area contributed by atoms with Crippen LogP contribution in [0.4, 0.5) is 0 Å². The average molecular weight is 247 g/mol.